The number of nitrogens with one attached hydrogen (secondary N) is 1. The predicted octanol–water partition coefficient (Wildman–Crippen LogP) is 0.127. The Morgan fingerprint density at radius 2 is 2.36 bits per heavy atom. The third kappa shape index (κ3) is 4.69. The van der Waals surface area contributed by atoms with E-state index in [1.165, 1.54) is 10.8 Å². The minimum atomic E-state index is -0.750. The van der Waals surface area contributed by atoms with Crippen molar-refractivity contribution >= 4 is 5.97 Å². The van der Waals surface area contributed by atoms with Crippen LogP contribution in [0.4, 0.5) is 0 Å². The van der Waals surface area contributed by atoms with Crippen molar-refractivity contribution in [1.29, 1.82) is 0 Å². The molecule has 136 valence electrons. The fraction of sp³-hybridized carbons (Fsp3) is 0.643. The van der Waals surface area contributed by atoms with E-state index in [4.69, 9.17) is 20.1 Å². The van der Waals surface area contributed by atoms with Gasteiger partial charge in [0.05, 0.1) is 6.04 Å². The summed E-state index contributed by atoms with van der Waals surface area (Å²) in [6.45, 7) is 1.30. The number of azide groups is 1. The number of H-pyrrole nitrogens is 1. The molecule has 25 heavy (non-hydrogen) atoms. The first-order valence-electron chi connectivity index (χ1n) is 7.74. The van der Waals surface area contributed by atoms with E-state index in [1.807, 2.05) is 0 Å². The zero-order chi connectivity index (χ0) is 18.4. The number of nitrogens with zero attached hydrogens (tertiary/aromatic N) is 4. The topological polar surface area (TPSA) is 159 Å². The smallest absolute Gasteiger partial charge is 0.330 e. The number of aliphatic hydroxyl groups excluding tert-OH is 1. The molecule has 3 atom stereocenters. The van der Waals surface area contributed by atoms with Gasteiger partial charge < -0.3 is 14.6 Å². The largest absolute Gasteiger partial charge is 0.463 e. The molecule has 0 saturated carbocycles. The minimum Gasteiger partial charge on any atom is -0.463 e. The Labute approximate surface area is 141 Å². The van der Waals surface area contributed by atoms with Crippen LogP contribution in [0.5, 0.6) is 0 Å². The number of esters is 1. The fourth-order valence-electron chi connectivity index (χ4n) is 2.49. The van der Waals surface area contributed by atoms with Crippen molar-refractivity contribution < 1.29 is 19.4 Å². The third-order valence-corrected chi connectivity index (χ3v) is 3.81. The van der Waals surface area contributed by atoms with Crippen molar-refractivity contribution in [3.05, 3.63) is 43.0 Å². The van der Waals surface area contributed by atoms with Crippen LogP contribution in [0.1, 0.15) is 31.1 Å². The molecular formula is C14H19N5O6. The first-order chi connectivity index (χ1) is 12.0. The van der Waals surface area contributed by atoms with Gasteiger partial charge in [-0.1, -0.05) is 5.11 Å². The van der Waals surface area contributed by atoms with E-state index in [-0.39, 0.29) is 26.1 Å². The fourth-order valence-corrected chi connectivity index (χ4v) is 2.49. The summed E-state index contributed by atoms with van der Waals surface area (Å²) in [4.78, 5) is 39.9. The van der Waals surface area contributed by atoms with Gasteiger partial charge in [-0.15, -0.1) is 0 Å². The van der Waals surface area contributed by atoms with Crippen LogP contribution in [0, 0.1) is 6.92 Å². The lowest BCUT2D eigenvalue weighted by Crippen LogP contribution is -2.33. The second kappa shape index (κ2) is 8.47. The third-order valence-electron chi connectivity index (χ3n) is 3.81. The van der Waals surface area contributed by atoms with Crippen LogP contribution in [0.2, 0.25) is 0 Å². The molecule has 0 aliphatic carbocycles. The van der Waals surface area contributed by atoms with E-state index < -0.39 is 35.6 Å². The second-order valence-electron chi connectivity index (χ2n) is 5.63. The molecule has 1 aromatic rings. The molecule has 11 heteroatoms. The highest BCUT2D eigenvalue weighted by Crippen LogP contribution is 2.30. The van der Waals surface area contributed by atoms with Gasteiger partial charge in [-0.05, 0) is 18.9 Å². The molecule has 1 aliphatic heterocycles. The SMILES string of the molecule is Cc1cn(C2CC(N=[N+]=[N-])C(COC(=O)CCCO)O2)c(=O)[nH]c1=O. The lowest BCUT2D eigenvalue weighted by atomic mass is 10.1. The molecule has 1 aromatic heterocycles. The minimum absolute atomic E-state index is 0.0669. The van der Waals surface area contributed by atoms with Gasteiger partial charge in [-0.2, -0.15) is 0 Å². The van der Waals surface area contributed by atoms with Crippen LogP contribution in [-0.4, -0.2) is 46.0 Å². The van der Waals surface area contributed by atoms with Crippen LogP contribution in [-0.2, 0) is 14.3 Å². The lowest BCUT2D eigenvalue weighted by Gasteiger charge is -2.16. The van der Waals surface area contributed by atoms with Crippen LogP contribution in [0.15, 0.2) is 20.9 Å². The van der Waals surface area contributed by atoms with Gasteiger partial charge in [0.1, 0.15) is 18.9 Å². The van der Waals surface area contributed by atoms with Crippen LogP contribution in [0.3, 0.4) is 0 Å². The van der Waals surface area contributed by atoms with Crippen molar-refractivity contribution in [3.63, 3.8) is 0 Å². The Kier molecular flexibility index (Phi) is 6.34. The Hall–Kier alpha value is -2.62. The van der Waals surface area contributed by atoms with Gasteiger partial charge in [-0.25, -0.2) is 4.79 Å². The summed E-state index contributed by atoms with van der Waals surface area (Å²) in [7, 11) is 0. The van der Waals surface area contributed by atoms with Gasteiger partial charge in [0.2, 0.25) is 0 Å². The van der Waals surface area contributed by atoms with Gasteiger partial charge in [0.25, 0.3) is 5.56 Å². The van der Waals surface area contributed by atoms with Gasteiger partial charge >= 0.3 is 11.7 Å². The molecule has 0 bridgehead atoms. The number of aliphatic hydroxyl groups is 1. The molecule has 0 spiro atoms. The van der Waals surface area contributed by atoms with Crippen molar-refractivity contribution in [2.45, 2.75) is 44.6 Å². The van der Waals surface area contributed by atoms with Crippen molar-refractivity contribution in [3.8, 4) is 0 Å². The van der Waals surface area contributed by atoms with Crippen molar-refractivity contribution in [1.82, 2.24) is 9.55 Å². The maximum Gasteiger partial charge on any atom is 0.330 e. The summed E-state index contributed by atoms with van der Waals surface area (Å²) in [6, 6.07) is -0.625. The average molecular weight is 353 g/mol. The number of hydrogen-bond donors (Lipinski definition) is 2. The highest BCUT2D eigenvalue weighted by molar-refractivity contribution is 5.69. The highest BCUT2D eigenvalue weighted by atomic mass is 16.6. The molecule has 11 nitrogen and oxygen atoms in total. The Morgan fingerprint density at radius 1 is 1.60 bits per heavy atom. The Balaban J connectivity index is 2.10. The molecule has 0 amide bonds. The van der Waals surface area contributed by atoms with Gasteiger partial charge in [0, 0.05) is 36.1 Å². The molecule has 2 rings (SSSR count). The average Bonchev–Trinajstić information content (AvgIpc) is 2.97. The standard InChI is InChI=1S/C14H19N5O6/c1-8-6-19(14(23)16-13(8)22)11-5-9(17-18-15)10(25-11)7-24-12(21)3-2-4-20/h6,9-11,20H,2-5,7H2,1H3,(H,16,22,23). The number of hydrogen-bond acceptors (Lipinski definition) is 7. The summed E-state index contributed by atoms with van der Waals surface area (Å²) in [5, 5.41) is 12.3. The molecule has 1 saturated heterocycles. The predicted molar refractivity (Wildman–Crippen MR) is 84.8 cm³/mol. The highest BCUT2D eigenvalue weighted by Gasteiger charge is 2.37. The molecule has 0 radical (unpaired) electrons. The first-order valence-corrected chi connectivity index (χ1v) is 7.74. The summed E-state index contributed by atoms with van der Waals surface area (Å²) in [5.74, 6) is -0.502. The quantitative estimate of drug-likeness (QED) is 0.306. The van der Waals surface area contributed by atoms with E-state index in [1.54, 1.807) is 6.92 Å². The van der Waals surface area contributed by atoms with E-state index in [0.717, 1.165) is 0 Å². The molecule has 1 fully saturated rings. The summed E-state index contributed by atoms with van der Waals surface area (Å²) in [5.41, 5.74) is 7.89. The number of aromatic amines is 1. The van der Waals surface area contributed by atoms with Crippen LogP contribution >= 0.6 is 0 Å². The number of rotatable bonds is 7. The number of carbonyl (C=O) groups is 1. The van der Waals surface area contributed by atoms with E-state index in [2.05, 4.69) is 15.0 Å². The van der Waals surface area contributed by atoms with Gasteiger partial charge in [0.15, 0.2) is 0 Å². The van der Waals surface area contributed by atoms with Crippen LogP contribution in [0.25, 0.3) is 10.4 Å². The molecule has 3 unspecified atom stereocenters. The molecule has 2 heterocycles. The number of aryl methyl sites for hydroxylation is 1. The molecule has 2 N–H and O–H groups in total. The number of ether oxygens (including phenoxy) is 2. The van der Waals surface area contributed by atoms with E-state index >= 15 is 0 Å². The van der Waals surface area contributed by atoms with Crippen LogP contribution < -0.4 is 11.2 Å². The Bertz CT molecular complexity index is 781. The number of carbonyl (C=O) groups excluding carboxylic acids is 1. The van der Waals surface area contributed by atoms with Crippen molar-refractivity contribution in [2.24, 2.45) is 5.11 Å². The lowest BCUT2D eigenvalue weighted by molar-refractivity contribution is -0.149. The Morgan fingerprint density at radius 3 is 3.04 bits per heavy atom. The normalized spacial score (nSPS) is 22.4. The van der Waals surface area contributed by atoms with E-state index in [0.29, 0.717) is 12.0 Å². The molecular weight excluding hydrogens is 334 g/mol. The summed E-state index contributed by atoms with van der Waals surface area (Å²) >= 11 is 0. The van der Waals surface area contributed by atoms with Gasteiger partial charge in [-0.3, -0.25) is 19.1 Å². The monoisotopic (exact) mass is 353 g/mol. The second-order valence-corrected chi connectivity index (χ2v) is 5.63. The number of aromatic nitrogens is 2. The zero-order valence-electron chi connectivity index (χ0n) is 13.6. The zero-order valence-corrected chi connectivity index (χ0v) is 13.6. The molecule has 1 aliphatic rings. The van der Waals surface area contributed by atoms with Crippen molar-refractivity contribution in [2.75, 3.05) is 13.2 Å². The maximum absolute atomic E-state index is 11.9. The maximum atomic E-state index is 11.9. The summed E-state index contributed by atoms with van der Waals surface area (Å²) in [6.07, 6.45) is 0.469. The summed E-state index contributed by atoms with van der Waals surface area (Å²) < 4.78 is 12.0. The molecule has 0 aromatic carbocycles. The van der Waals surface area contributed by atoms with E-state index in [9.17, 15) is 14.4 Å². The first kappa shape index (κ1) is 18.7.